The number of alkyl halides is 3. The smallest absolute Gasteiger partial charge is 0.373 e. The largest absolute Gasteiger partial charge is 0.408 e. The summed E-state index contributed by atoms with van der Waals surface area (Å²) in [5, 5.41) is 2.43. The zero-order valence-electron chi connectivity index (χ0n) is 8.55. The van der Waals surface area contributed by atoms with Crippen LogP contribution in [0.2, 0.25) is 0 Å². The summed E-state index contributed by atoms with van der Waals surface area (Å²) in [6, 6.07) is 1.62. The van der Waals surface area contributed by atoms with Crippen molar-refractivity contribution in [2.75, 3.05) is 5.32 Å². The number of rotatable bonds is 3. The van der Waals surface area contributed by atoms with E-state index >= 15 is 0 Å². The van der Waals surface area contributed by atoms with E-state index in [1.165, 1.54) is 26.2 Å². The standard InChI is InChI=1S/C10H13F3N2/c1-7(2)9(10(11,12)13)15-8-4-3-5-14-6-8/h3-7,9,15H,1-2H3/t9-/m1/s1. The topological polar surface area (TPSA) is 24.9 Å². The summed E-state index contributed by atoms with van der Waals surface area (Å²) in [6.07, 6.45) is -1.35. The molecule has 0 aliphatic heterocycles. The molecule has 84 valence electrons. The van der Waals surface area contributed by atoms with Crippen molar-refractivity contribution in [3.8, 4) is 0 Å². The monoisotopic (exact) mass is 218 g/mol. The number of nitrogens with zero attached hydrogens (tertiary/aromatic N) is 1. The van der Waals surface area contributed by atoms with E-state index in [1.54, 1.807) is 12.1 Å². The van der Waals surface area contributed by atoms with Crippen molar-refractivity contribution in [2.45, 2.75) is 26.1 Å². The van der Waals surface area contributed by atoms with Crippen molar-refractivity contribution in [1.29, 1.82) is 0 Å². The zero-order chi connectivity index (χ0) is 11.5. The lowest BCUT2D eigenvalue weighted by molar-refractivity contribution is -0.150. The Morgan fingerprint density at radius 2 is 2.00 bits per heavy atom. The first kappa shape index (κ1) is 11.8. The Morgan fingerprint density at radius 3 is 2.40 bits per heavy atom. The molecule has 0 aliphatic carbocycles. The quantitative estimate of drug-likeness (QED) is 0.843. The van der Waals surface area contributed by atoms with E-state index in [-0.39, 0.29) is 0 Å². The van der Waals surface area contributed by atoms with Gasteiger partial charge in [0.25, 0.3) is 0 Å². The predicted octanol–water partition coefficient (Wildman–Crippen LogP) is 3.08. The molecule has 1 atom stereocenters. The maximum absolute atomic E-state index is 12.6. The van der Waals surface area contributed by atoms with Crippen LogP contribution in [-0.2, 0) is 0 Å². The fourth-order valence-corrected chi connectivity index (χ4v) is 1.25. The Labute approximate surface area is 86.5 Å². The second-order valence-electron chi connectivity index (χ2n) is 3.65. The number of hydrogen-bond donors (Lipinski definition) is 1. The van der Waals surface area contributed by atoms with Gasteiger partial charge in [0.15, 0.2) is 0 Å². The molecule has 0 aliphatic rings. The summed E-state index contributed by atoms with van der Waals surface area (Å²) in [5.74, 6) is -0.523. The molecule has 2 nitrogen and oxygen atoms in total. The minimum absolute atomic E-state index is 0.383. The highest BCUT2D eigenvalue weighted by atomic mass is 19.4. The van der Waals surface area contributed by atoms with Gasteiger partial charge in [-0.3, -0.25) is 4.98 Å². The second kappa shape index (κ2) is 4.51. The first-order valence-electron chi connectivity index (χ1n) is 4.64. The summed E-state index contributed by atoms with van der Waals surface area (Å²) in [4.78, 5) is 3.75. The minimum Gasteiger partial charge on any atom is -0.373 e. The van der Waals surface area contributed by atoms with Gasteiger partial charge in [-0.05, 0) is 18.1 Å². The molecule has 1 heterocycles. The average Bonchev–Trinajstić information content (AvgIpc) is 2.13. The van der Waals surface area contributed by atoms with Gasteiger partial charge in [-0.15, -0.1) is 0 Å². The van der Waals surface area contributed by atoms with Crippen LogP contribution in [0.25, 0.3) is 0 Å². The lowest BCUT2D eigenvalue weighted by Crippen LogP contribution is -2.40. The zero-order valence-corrected chi connectivity index (χ0v) is 8.55. The molecule has 1 aromatic rings. The van der Waals surface area contributed by atoms with Crippen LogP contribution < -0.4 is 5.32 Å². The normalized spacial score (nSPS) is 14.0. The summed E-state index contributed by atoms with van der Waals surface area (Å²) in [7, 11) is 0. The molecule has 5 heteroatoms. The molecule has 0 spiro atoms. The van der Waals surface area contributed by atoms with Crippen LogP contribution in [0.5, 0.6) is 0 Å². The molecule has 0 saturated heterocycles. The van der Waals surface area contributed by atoms with Crippen LogP contribution in [-0.4, -0.2) is 17.2 Å². The van der Waals surface area contributed by atoms with Crippen molar-refractivity contribution < 1.29 is 13.2 Å². The lowest BCUT2D eigenvalue weighted by atomic mass is 10.0. The van der Waals surface area contributed by atoms with E-state index in [1.807, 2.05) is 0 Å². The third-order valence-corrected chi connectivity index (χ3v) is 2.00. The number of aromatic nitrogens is 1. The molecule has 0 fully saturated rings. The van der Waals surface area contributed by atoms with E-state index < -0.39 is 18.1 Å². The molecule has 15 heavy (non-hydrogen) atoms. The number of anilines is 1. The van der Waals surface area contributed by atoms with Crippen LogP contribution >= 0.6 is 0 Å². The molecule has 1 N–H and O–H groups in total. The van der Waals surface area contributed by atoms with Gasteiger partial charge in [0.1, 0.15) is 6.04 Å². The summed E-state index contributed by atoms with van der Waals surface area (Å²) in [5.41, 5.74) is 0.383. The Hall–Kier alpha value is -1.26. The van der Waals surface area contributed by atoms with E-state index in [2.05, 4.69) is 10.3 Å². The van der Waals surface area contributed by atoms with E-state index in [9.17, 15) is 13.2 Å². The Bertz CT molecular complexity index is 295. The van der Waals surface area contributed by atoms with Crippen molar-refractivity contribution in [3.05, 3.63) is 24.5 Å². The molecule has 0 unspecified atom stereocenters. The Morgan fingerprint density at radius 1 is 1.33 bits per heavy atom. The van der Waals surface area contributed by atoms with Crippen LogP contribution in [0.4, 0.5) is 18.9 Å². The molecule has 0 amide bonds. The third-order valence-electron chi connectivity index (χ3n) is 2.00. The molecule has 0 saturated carbocycles. The number of nitrogens with one attached hydrogen (secondary N) is 1. The fourth-order valence-electron chi connectivity index (χ4n) is 1.25. The molecule has 1 aromatic heterocycles. The fraction of sp³-hybridized carbons (Fsp3) is 0.500. The van der Waals surface area contributed by atoms with Crippen molar-refractivity contribution in [3.63, 3.8) is 0 Å². The maximum atomic E-state index is 12.6. The van der Waals surface area contributed by atoms with Crippen LogP contribution in [0.1, 0.15) is 13.8 Å². The SMILES string of the molecule is CC(C)[C@@H](Nc1cccnc1)C(F)(F)F. The van der Waals surface area contributed by atoms with Gasteiger partial charge in [0, 0.05) is 12.4 Å². The minimum atomic E-state index is -4.25. The predicted molar refractivity (Wildman–Crippen MR) is 52.5 cm³/mol. The van der Waals surface area contributed by atoms with Gasteiger partial charge in [-0.1, -0.05) is 13.8 Å². The van der Waals surface area contributed by atoms with E-state index in [0.29, 0.717) is 5.69 Å². The van der Waals surface area contributed by atoms with Gasteiger partial charge in [-0.25, -0.2) is 0 Å². The van der Waals surface area contributed by atoms with Gasteiger partial charge in [0.05, 0.1) is 5.69 Å². The highest BCUT2D eigenvalue weighted by Gasteiger charge is 2.41. The second-order valence-corrected chi connectivity index (χ2v) is 3.65. The number of hydrogen-bond acceptors (Lipinski definition) is 2. The summed E-state index contributed by atoms with van der Waals surface area (Å²) < 4.78 is 37.7. The third kappa shape index (κ3) is 3.42. The summed E-state index contributed by atoms with van der Waals surface area (Å²) >= 11 is 0. The Balaban J connectivity index is 2.77. The highest BCUT2D eigenvalue weighted by molar-refractivity contribution is 5.41. The molecule has 0 aromatic carbocycles. The molecule has 0 bridgehead atoms. The molecular weight excluding hydrogens is 205 g/mol. The summed E-state index contributed by atoms with van der Waals surface area (Å²) in [6.45, 7) is 3.06. The van der Waals surface area contributed by atoms with Gasteiger partial charge in [0.2, 0.25) is 0 Å². The first-order chi connectivity index (χ1) is 6.91. The lowest BCUT2D eigenvalue weighted by Gasteiger charge is -2.25. The van der Waals surface area contributed by atoms with Crippen LogP contribution in [0, 0.1) is 5.92 Å². The highest BCUT2D eigenvalue weighted by Crippen LogP contribution is 2.28. The average molecular weight is 218 g/mol. The van der Waals surface area contributed by atoms with E-state index in [0.717, 1.165) is 0 Å². The van der Waals surface area contributed by atoms with Crippen molar-refractivity contribution in [2.24, 2.45) is 5.92 Å². The first-order valence-corrected chi connectivity index (χ1v) is 4.64. The number of halogens is 3. The van der Waals surface area contributed by atoms with Crippen molar-refractivity contribution in [1.82, 2.24) is 4.98 Å². The van der Waals surface area contributed by atoms with Crippen LogP contribution in [0.3, 0.4) is 0 Å². The van der Waals surface area contributed by atoms with Gasteiger partial charge >= 0.3 is 6.18 Å². The molecular formula is C10H13F3N2. The van der Waals surface area contributed by atoms with Gasteiger partial charge < -0.3 is 5.32 Å². The molecule has 0 radical (unpaired) electrons. The molecule has 1 rings (SSSR count). The van der Waals surface area contributed by atoms with Crippen LogP contribution in [0.15, 0.2) is 24.5 Å². The van der Waals surface area contributed by atoms with Crippen molar-refractivity contribution >= 4 is 5.69 Å². The maximum Gasteiger partial charge on any atom is 0.408 e. The Kier molecular flexibility index (Phi) is 3.55. The number of pyridine rings is 1. The van der Waals surface area contributed by atoms with Gasteiger partial charge in [-0.2, -0.15) is 13.2 Å². The van der Waals surface area contributed by atoms with E-state index in [4.69, 9.17) is 0 Å².